The van der Waals surface area contributed by atoms with E-state index in [1.165, 1.54) is 24.3 Å². The molecule has 0 radical (unpaired) electrons. The van der Waals surface area contributed by atoms with Gasteiger partial charge in [-0.3, -0.25) is 4.79 Å². The Hall–Kier alpha value is -2.74. The Morgan fingerprint density at radius 2 is 1.88 bits per heavy atom. The van der Waals surface area contributed by atoms with E-state index in [0.717, 1.165) is 18.2 Å². The molecule has 1 N–H and O–H groups in total. The Bertz CT molecular complexity index is 786. The van der Waals surface area contributed by atoms with E-state index in [1.807, 2.05) is 0 Å². The molecular formula is C16H11ClF3NO4. The number of benzene rings is 2. The van der Waals surface area contributed by atoms with Crippen LogP contribution in [0.4, 0.5) is 18.9 Å². The van der Waals surface area contributed by atoms with E-state index in [2.05, 4.69) is 10.1 Å². The van der Waals surface area contributed by atoms with Gasteiger partial charge in [-0.15, -0.1) is 0 Å². The van der Waals surface area contributed by atoms with Gasteiger partial charge in [0.1, 0.15) is 11.6 Å². The summed E-state index contributed by atoms with van der Waals surface area (Å²) >= 11 is 5.71. The number of hydrogen-bond acceptors (Lipinski definition) is 4. The minimum atomic E-state index is -3.06. The van der Waals surface area contributed by atoms with Crippen LogP contribution in [0, 0.1) is 5.82 Å². The number of hydrogen-bond donors (Lipinski definition) is 1. The highest BCUT2D eigenvalue weighted by molar-refractivity contribution is 6.33. The number of anilines is 1. The molecule has 1 amide bonds. The third kappa shape index (κ3) is 5.39. The van der Waals surface area contributed by atoms with Gasteiger partial charge in [-0.2, -0.15) is 8.78 Å². The smallest absolute Gasteiger partial charge is 0.387 e. The summed E-state index contributed by atoms with van der Waals surface area (Å²) in [7, 11) is 0. The standard InChI is InChI=1S/C16H11ClF3NO4/c17-11-7-9(18)5-6-10(11)15(23)24-8-14(22)21-12-3-1-2-4-13(12)25-16(19)20/h1-7,16H,8H2,(H,21,22). The lowest BCUT2D eigenvalue weighted by molar-refractivity contribution is -0.119. The number of rotatable bonds is 6. The number of para-hydroxylation sites is 2. The normalized spacial score (nSPS) is 10.4. The Balaban J connectivity index is 1.96. The van der Waals surface area contributed by atoms with E-state index in [-0.39, 0.29) is 22.0 Å². The van der Waals surface area contributed by atoms with Crippen molar-refractivity contribution in [1.82, 2.24) is 0 Å². The molecule has 2 aromatic carbocycles. The summed E-state index contributed by atoms with van der Waals surface area (Å²) in [6.45, 7) is -3.76. The summed E-state index contributed by atoms with van der Waals surface area (Å²) in [6, 6.07) is 8.59. The molecule has 0 aromatic heterocycles. The first-order valence-corrected chi connectivity index (χ1v) is 7.20. The van der Waals surface area contributed by atoms with Crippen LogP contribution in [0.15, 0.2) is 42.5 Å². The van der Waals surface area contributed by atoms with Gasteiger partial charge in [-0.25, -0.2) is 9.18 Å². The second-order valence-electron chi connectivity index (χ2n) is 4.62. The van der Waals surface area contributed by atoms with Gasteiger partial charge >= 0.3 is 12.6 Å². The lowest BCUT2D eigenvalue weighted by atomic mass is 10.2. The second kappa shape index (κ2) is 8.39. The number of halogens is 4. The molecule has 2 aromatic rings. The number of nitrogens with one attached hydrogen (secondary N) is 1. The van der Waals surface area contributed by atoms with E-state index < -0.39 is 30.9 Å². The Labute approximate surface area is 145 Å². The molecular weight excluding hydrogens is 363 g/mol. The van der Waals surface area contributed by atoms with E-state index >= 15 is 0 Å². The Morgan fingerprint density at radius 3 is 2.56 bits per heavy atom. The fourth-order valence-electron chi connectivity index (χ4n) is 1.82. The maximum atomic E-state index is 12.9. The quantitative estimate of drug-likeness (QED) is 0.780. The molecule has 0 unspecified atom stereocenters. The van der Waals surface area contributed by atoms with E-state index in [1.54, 1.807) is 0 Å². The largest absolute Gasteiger partial charge is 0.452 e. The van der Waals surface area contributed by atoms with Gasteiger partial charge in [0.05, 0.1) is 16.3 Å². The SMILES string of the molecule is O=C(COC(=O)c1ccc(F)cc1Cl)Nc1ccccc1OC(F)F. The number of carbonyl (C=O) groups is 2. The fraction of sp³-hybridized carbons (Fsp3) is 0.125. The topological polar surface area (TPSA) is 64.6 Å². The zero-order valence-electron chi connectivity index (χ0n) is 12.5. The molecule has 0 spiro atoms. The van der Waals surface area contributed by atoms with Crippen molar-refractivity contribution in [2.45, 2.75) is 6.61 Å². The van der Waals surface area contributed by atoms with Gasteiger partial charge in [-0.1, -0.05) is 23.7 Å². The Morgan fingerprint density at radius 1 is 1.16 bits per heavy atom. The minimum Gasteiger partial charge on any atom is -0.452 e. The third-order valence-electron chi connectivity index (χ3n) is 2.86. The predicted octanol–water partition coefficient (Wildman–Crippen LogP) is 3.88. The molecule has 5 nitrogen and oxygen atoms in total. The van der Waals surface area contributed by atoms with Crippen LogP contribution in [-0.2, 0) is 9.53 Å². The van der Waals surface area contributed by atoms with Gasteiger partial charge in [0.15, 0.2) is 6.61 Å². The van der Waals surface area contributed by atoms with Crippen molar-refractivity contribution in [3.05, 3.63) is 58.9 Å². The van der Waals surface area contributed by atoms with E-state index in [0.29, 0.717) is 0 Å². The zero-order chi connectivity index (χ0) is 18.4. The minimum absolute atomic E-state index is 0.0105. The summed E-state index contributed by atoms with van der Waals surface area (Å²) in [4.78, 5) is 23.6. The first kappa shape index (κ1) is 18.6. The van der Waals surface area contributed by atoms with Gasteiger partial charge in [-0.05, 0) is 30.3 Å². The molecule has 0 saturated heterocycles. The molecule has 0 heterocycles. The van der Waals surface area contributed by atoms with Crippen LogP contribution in [0.5, 0.6) is 5.75 Å². The number of alkyl halides is 2. The molecule has 2 rings (SSSR count). The molecule has 0 aliphatic rings. The van der Waals surface area contributed by atoms with E-state index in [9.17, 15) is 22.8 Å². The summed E-state index contributed by atoms with van der Waals surface area (Å²) in [5.41, 5.74) is -0.124. The second-order valence-corrected chi connectivity index (χ2v) is 5.03. The van der Waals surface area contributed by atoms with Crippen LogP contribution < -0.4 is 10.1 Å². The molecule has 0 aliphatic carbocycles. The monoisotopic (exact) mass is 373 g/mol. The zero-order valence-corrected chi connectivity index (χ0v) is 13.2. The number of esters is 1. The van der Waals surface area contributed by atoms with Crippen LogP contribution in [-0.4, -0.2) is 25.1 Å². The van der Waals surface area contributed by atoms with Gasteiger partial charge in [0.25, 0.3) is 5.91 Å². The highest BCUT2D eigenvalue weighted by Gasteiger charge is 2.16. The van der Waals surface area contributed by atoms with Crippen LogP contribution in [0.1, 0.15) is 10.4 Å². The summed E-state index contributed by atoms with van der Waals surface area (Å²) in [5.74, 6) is -2.58. The molecule has 0 aliphatic heterocycles. The Kier molecular flexibility index (Phi) is 6.24. The first-order chi connectivity index (χ1) is 11.9. The van der Waals surface area contributed by atoms with Crippen molar-refractivity contribution in [3.8, 4) is 5.75 Å². The number of carbonyl (C=O) groups excluding carboxylic acids is 2. The first-order valence-electron chi connectivity index (χ1n) is 6.82. The molecule has 25 heavy (non-hydrogen) atoms. The molecule has 0 atom stereocenters. The van der Waals surface area contributed by atoms with Crippen LogP contribution in [0.3, 0.4) is 0 Å². The summed E-state index contributed by atoms with van der Waals surface area (Å²) < 4.78 is 46.6. The predicted molar refractivity (Wildman–Crippen MR) is 83.4 cm³/mol. The van der Waals surface area contributed by atoms with Crippen molar-refractivity contribution < 1.29 is 32.2 Å². The van der Waals surface area contributed by atoms with Gasteiger partial charge < -0.3 is 14.8 Å². The van der Waals surface area contributed by atoms with Crippen LogP contribution >= 0.6 is 11.6 Å². The number of amides is 1. The van der Waals surface area contributed by atoms with Crippen molar-refractivity contribution in [3.63, 3.8) is 0 Å². The lowest BCUT2D eigenvalue weighted by Gasteiger charge is -2.12. The highest BCUT2D eigenvalue weighted by atomic mass is 35.5. The summed E-state index contributed by atoms with van der Waals surface area (Å²) in [6.07, 6.45) is 0. The van der Waals surface area contributed by atoms with Crippen molar-refractivity contribution >= 4 is 29.2 Å². The van der Waals surface area contributed by atoms with Crippen LogP contribution in [0.2, 0.25) is 5.02 Å². The average molecular weight is 374 g/mol. The van der Waals surface area contributed by atoms with Crippen LogP contribution in [0.25, 0.3) is 0 Å². The maximum absolute atomic E-state index is 12.9. The maximum Gasteiger partial charge on any atom is 0.387 e. The number of ether oxygens (including phenoxy) is 2. The van der Waals surface area contributed by atoms with E-state index in [4.69, 9.17) is 16.3 Å². The third-order valence-corrected chi connectivity index (χ3v) is 3.18. The molecule has 0 saturated carbocycles. The van der Waals surface area contributed by atoms with Crippen molar-refractivity contribution in [2.75, 3.05) is 11.9 Å². The lowest BCUT2D eigenvalue weighted by Crippen LogP contribution is -2.21. The molecule has 0 fully saturated rings. The van der Waals surface area contributed by atoms with Gasteiger partial charge in [0.2, 0.25) is 0 Å². The van der Waals surface area contributed by atoms with Gasteiger partial charge in [0, 0.05) is 0 Å². The highest BCUT2D eigenvalue weighted by Crippen LogP contribution is 2.25. The van der Waals surface area contributed by atoms with Crippen molar-refractivity contribution in [1.29, 1.82) is 0 Å². The molecule has 0 bridgehead atoms. The fourth-order valence-corrected chi connectivity index (χ4v) is 2.06. The van der Waals surface area contributed by atoms with Crippen molar-refractivity contribution in [2.24, 2.45) is 0 Å². The molecule has 132 valence electrons. The average Bonchev–Trinajstić information content (AvgIpc) is 2.54. The molecule has 9 heteroatoms. The summed E-state index contributed by atoms with van der Waals surface area (Å²) in [5, 5.41) is 2.11.